The van der Waals surface area contributed by atoms with Crippen molar-refractivity contribution in [2.45, 2.75) is 6.92 Å². The Bertz CT molecular complexity index is 786. The second kappa shape index (κ2) is 3.84. The molecule has 0 aliphatic carbocycles. The number of halogens is 1. The highest BCUT2D eigenvalue weighted by Crippen LogP contribution is 2.17. The van der Waals surface area contributed by atoms with Crippen molar-refractivity contribution in [3.63, 3.8) is 0 Å². The Kier molecular flexibility index (Phi) is 2.30. The number of rotatable bonds is 1. The maximum atomic E-state index is 13.2. The lowest BCUT2D eigenvalue weighted by Crippen LogP contribution is -2.14. The number of nitrogens with one attached hydrogen (secondary N) is 1. The van der Waals surface area contributed by atoms with Crippen LogP contribution >= 0.6 is 0 Å². The summed E-state index contributed by atoms with van der Waals surface area (Å²) in [4.78, 5) is 14.7. The topological polar surface area (TPSA) is 37.8 Å². The molecule has 18 heavy (non-hydrogen) atoms. The van der Waals surface area contributed by atoms with Crippen molar-refractivity contribution in [3.05, 3.63) is 64.3 Å². The van der Waals surface area contributed by atoms with E-state index < -0.39 is 0 Å². The molecule has 0 fully saturated rings. The van der Waals surface area contributed by atoms with Gasteiger partial charge in [-0.2, -0.15) is 0 Å². The van der Waals surface area contributed by atoms with E-state index in [1.165, 1.54) is 16.7 Å². The monoisotopic (exact) mass is 242 g/mol. The predicted octanol–water partition coefficient (Wildman–Crippen LogP) is 2.77. The van der Waals surface area contributed by atoms with Gasteiger partial charge in [0.25, 0.3) is 0 Å². The molecule has 3 rings (SSSR count). The number of benzene rings is 2. The molecule has 1 aromatic heterocycles. The number of imidazole rings is 1. The summed E-state index contributed by atoms with van der Waals surface area (Å²) in [7, 11) is 0. The Morgan fingerprint density at radius 2 is 2.00 bits per heavy atom. The van der Waals surface area contributed by atoms with E-state index in [4.69, 9.17) is 0 Å². The maximum Gasteiger partial charge on any atom is 0.331 e. The predicted molar refractivity (Wildman–Crippen MR) is 68.6 cm³/mol. The van der Waals surface area contributed by atoms with E-state index in [-0.39, 0.29) is 11.5 Å². The third kappa shape index (κ3) is 1.62. The van der Waals surface area contributed by atoms with Crippen LogP contribution in [-0.2, 0) is 0 Å². The molecule has 2 aromatic carbocycles. The number of hydrogen-bond acceptors (Lipinski definition) is 1. The smallest absolute Gasteiger partial charge is 0.305 e. The number of hydrogen-bond donors (Lipinski definition) is 1. The number of nitrogens with zero attached hydrogens (tertiary/aromatic N) is 1. The zero-order chi connectivity index (χ0) is 12.7. The lowest BCUT2D eigenvalue weighted by molar-refractivity contribution is 0.626. The molecule has 1 heterocycles. The average molecular weight is 242 g/mol. The van der Waals surface area contributed by atoms with Gasteiger partial charge in [-0.3, -0.25) is 4.57 Å². The minimum absolute atomic E-state index is 0.263. The summed E-state index contributed by atoms with van der Waals surface area (Å²) in [6.07, 6.45) is 0. The van der Waals surface area contributed by atoms with Gasteiger partial charge in [-0.25, -0.2) is 9.18 Å². The van der Waals surface area contributed by atoms with Gasteiger partial charge in [0.05, 0.1) is 16.7 Å². The Morgan fingerprint density at radius 3 is 2.78 bits per heavy atom. The van der Waals surface area contributed by atoms with Gasteiger partial charge in [-0.15, -0.1) is 0 Å². The minimum atomic E-state index is -0.360. The lowest BCUT2D eigenvalue weighted by Gasteiger charge is -2.03. The fourth-order valence-electron chi connectivity index (χ4n) is 2.10. The molecule has 3 aromatic rings. The normalized spacial score (nSPS) is 11.0. The standard InChI is InChI=1S/C14H11FN2O/c1-9-5-6-13-12(7-9)16-14(18)17(13)11-4-2-3-10(15)8-11/h2-8H,1H3,(H,16,18). The summed E-state index contributed by atoms with van der Waals surface area (Å²) in [6, 6.07) is 11.7. The van der Waals surface area contributed by atoms with Crippen LogP contribution in [0.4, 0.5) is 4.39 Å². The van der Waals surface area contributed by atoms with Gasteiger partial charge in [0.1, 0.15) is 5.82 Å². The Morgan fingerprint density at radius 1 is 1.17 bits per heavy atom. The van der Waals surface area contributed by atoms with Gasteiger partial charge < -0.3 is 4.98 Å². The second-order valence-corrected chi connectivity index (χ2v) is 4.27. The first-order valence-electron chi connectivity index (χ1n) is 5.62. The molecular formula is C14H11FN2O. The van der Waals surface area contributed by atoms with Crippen LogP contribution in [-0.4, -0.2) is 9.55 Å². The number of fused-ring (bicyclic) bond motifs is 1. The van der Waals surface area contributed by atoms with Gasteiger partial charge >= 0.3 is 5.69 Å². The van der Waals surface area contributed by atoms with Crippen molar-refractivity contribution in [2.75, 3.05) is 0 Å². The zero-order valence-electron chi connectivity index (χ0n) is 9.77. The molecule has 0 spiro atoms. The van der Waals surface area contributed by atoms with Gasteiger partial charge in [0.15, 0.2) is 0 Å². The highest BCUT2D eigenvalue weighted by Gasteiger charge is 2.08. The summed E-state index contributed by atoms with van der Waals surface area (Å²) in [5, 5.41) is 0. The van der Waals surface area contributed by atoms with Gasteiger partial charge in [-0.05, 0) is 42.8 Å². The fourth-order valence-corrected chi connectivity index (χ4v) is 2.10. The zero-order valence-corrected chi connectivity index (χ0v) is 9.77. The van der Waals surface area contributed by atoms with E-state index in [9.17, 15) is 9.18 Å². The minimum Gasteiger partial charge on any atom is -0.305 e. The van der Waals surface area contributed by atoms with E-state index in [2.05, 4.69) is 4.98 Å². The molecule has 3 nitrogen and oxygen atoms in total. The summed E-state index contributed by atoms with van der Waals surface area (Å²) < 4.78 is 14.7. The Balaban J connectivity index is 2.35. The van der Waals surface area contributed by atoms with Crippen LogP contribution in [0.5, 0.6) is 0 Å². The number of aromatic nitrogens is 2. The summed E-state index contributed by atoms with van der Waals surface area (Å²) in [5.74, 6) is -0.360. The van der Waals surface area contributed by atoms with Crippen molar-refractivity contribution in [1.82, 2.24) is 9.55 Å². The Hall–Kier alpha value is -2.36. The van der Waals surface area contributed by atoms with Crippen molar-refractivity contribution in [1.29, 1.82) is 0 Å². The molecule has 0 atom stereocenters. The molecule has 0 saturated heterocycles. The van der Waals surface area contributed by atoms with Gasteiger partial charge in [0, 0.05) is 0 Å². The SMILES string of the molecule is Cc1ccc2c(c1)[nH]c(=O)n2-c1cccc(F)c1. The number of aryl methyl sites for hydroxylation is 1. The van der Waals surface area contributed by atoms with E-state index >= 15 is 0 Å². The molecular weight excluding hydrogens is 231 g/mol. The number of aromatic amines is 1. The molecule has 1 N–H and O–H groups in total. The fraction of sp³-hybridized carbons (Fsp3) is 0.0714. The highest BCUT2D eigenvalue weighted by molar-refractivity contribution is 5.78. The van der Waals surface area contributed by atoms with E-state index in [0.29, 0.717) is 5.69 Å². The number of H-pyrrole nitrogens is 1. The Labute approximate surface area is 103 Å². The maximum absolute atomic E-state index is 13.2. The molecule has 0 aliphatic rings. The van der Waals surface area contributed by atoms with Crippen LogP contribution in [0, 0.1) is 12.7 Å². The summed E-state index contributed by atoms with van der Waals surface area (Å²) in [5.41, 5.74) is 2.83. The van der Waals surface area contributed by atoms with Crippen LogP contribution < -0.4 is 5.69 Å². The van der Waals surface area contributed by atoms with Crippen molar-refractivity contribution < 1.29 is 4.39 Å². The summed E-state index contributed by atoms with van der Waals surface area (Å²) in [6.45, 7) is 1.96. The first kappa shape index (κ1) is 10.8. The summed E-state index contributed by atoms with van der Waals surface area (Å²) >= 11 is 0. The largest absolute Gasteiger partial charge is 0.331 e. The highest BCUT2D eigenvalue weighted by atomic mass is 19.1. The molecule has 0 radical (unpaired) electrons. The quantitative estimate of drug-likeness (QED) is 0.700. The van der Waals surface area contributed by atoms with E-state index in [1.807, 2.05) is 25.1 Å². The molecule has 0 amide bonds. The van der Waals surface area contributed by atoms with Crippen LogP contribution in [0.25, 0.3) is 16.7 Å². The van der Waals surface area contributed by atoms with Crippen molar-refractivity contribution in [3.8, 4) is 5.69 Å². The van der Waals surface area contributed by atoms with Crippen LogP contribution in [0.2, 0.25) is 0 Å². The lowest BCUT2D eigenvalue weighted by atomic mass is 10.2. The third-order valence-electron chi connectivity index (χ3n) is 2.90. The van der Waals surface area contributed by atoms with Crippen molar-refractivity contribution >= 4 is 11.0 Å². The second-order valence-electron chi connectivity index (χ2n) is 4.27. The van der Waals surface area contributed by atoms with Gasteiger partial charge in [-0.1, -0.05) is 12.1 Å². The van der Waals surface area contributed by atoms with Crippen LogP contribution in [0.15, 0.2) is 47.3 Å². The van der Waals surface area contributed by atoms with Crippen LogP contribution in [0.1, 0.15) is 5.56 Å². The van der Waals surface area contributed by atoms with Crippen molar-refractivity contribution in [2.24, 2.45) is 0 Å². The van der Waals surface area contributed by atoms with E-state index in [0.717, 1.165) is 16.6 Å². The van der Waals surface area contributed by atoms with Gasteiger partial charge in [0.2, 0.25) is 0 Å². The molecule has 0 unspecified atom stereocenters. The average Bonchev–Trinajstić information content (AvgIpc) is 2.64. The molecule has 0 bridgehead atoms. The third-order valence-corrected chi connectivity index (χ3v) is 2.90. The first-order chi connectivity index (χ1) is 8.65. The van der Waals surface area contributed by atoms with Crippen LogP contribution in [0.3, 0.4) is 0 Å². The first-order valence-corrected chi connectivity index (χ1v) is 5.62. The van der Waals surface area contributed by atoms with E-state index in [1.54, 1.807) is 12.1 Å². The molecule has 4 heteroatoms. The molecule has 0 saturated carbocycles. The molecule has 0 aliphatic heterocycles. The molecule has 90 valence electrons.